The van der Waals surface area contributed by atoms with Gasteiger partial charge in [0.15, 0.2) is 0 Å². The van der Waals surface area contributed by atoms with Gasteiger partial charge < -0.3 is 10.2 Å². The quantitative estimate of drug-likeness (QED) is 0.830. The fraction of sp³-hybridized carbons (Fsp3) is 0.421. The molecule has 5 heteroatoms. The second-order valence-electron chi connectivity index (χ2n) is 6.23. The third-order valence-corrected chi connectivity index (χ3v) is 4.23. The molecule has 0 bridgehead atoms. The van der Waals surface area contributed by atoms with E-state index in [1.54, 1.807) is 6.07 Å². The highest BCUT2D eigenvalue weighted by Gasteiger charge is 2.17. The van der Waals surface area contributed by atoms with E-state index >= 15 is 0 Å². The van der Waals surface area contributed by atoms with E-state index in [-0.39, 0.29) is 5.91 Å². The molecule has 1 amide bonds. The first-order chi connectivity index (χ1) is 11.7. The Morgan fingerprint density at radius 3 is 2.67 bits per heavy atom. The van der Waals surface area contributed by atoms with Crippen molar-refractivity contribution < 1.29 is 4.79 Å². The summed E-state index contributed by atoms with van der Waals surface area (Å²) in [6, 6.07) is 12.1. The lowest BCUT2D eigenvalue weighted by atomic mass is 10.1. The van der Waals surface area contributed by atoms with Crippen LogP contribution in [-0.4, -0.2) is 35.5 Å². The Labute approximate surface area is 143 Å². The van der Waals surface area contributed by atoms with Crippen molar-refractivity contribution in [1.82, 2.24) is 15.3 Å². The molecule has 0 radical (unpaired) electrons. The van der Waals surface area contributed by atoms with Gasteiger partial charge in [-0.05, 0) is 44.2 Å². The standard InChI is InChI=1S/C19H24N4O/c1-15-14-17(22-19(21-15)23-12-5-6-13-23)18(24)20-11-7-10-16-8-3-2-4-9-16/h2-4,8-9,14H,5-7,10-13H2,1H3,(H,20,24). The maximum Gasteiger partial charge on any atom is 0.270 e. The second kappa shape index (κ2) is 7.90. The molecule has 0 unspecified atom stereocenters. The average Bonchev–Trinajstić information content (AvgIpc) is 3.13. The van der Waals surface area contributed by atoms with Gasteiger partial charge in [0.05, 0.1) is 0 Å². The molecule has 0 aliphatic carbocycles. The smallest absolute Gasteiger partial charge is 0.270 e. The molecule has 0 saturated carbocycles. The summed E-state index contributed by atoms with van der Waals surface area (Å²) in [6.07, 6.45) is 4.21. The van der Waals surface area contributed by atoms with Crippen molar-refractivity contribution in [2.45, 2.75) is 32.6 Å². The van der Waals surface area contributed by atoms with Crippen molar-refractivity contribution >= 4 is 11.9 Å². The zero-order valence-corrected chi connectivity index (χ0v) is 14.2. The molecule has 1 aliphatic heterocycles. The molecule has 126 valence electrons. The summed E-state index contributed by atoms with van der Waals surface area (Å²) in [5, 5.41) is 2.97. The first-order valence-corrected chi connectivity index (χ1v) is 8.65. The summed E-state index contributed by atoms with van der Waals surface area (Å²) in [6.45, 7) is 4.51. The highest BCUT2D eigenvalue weighted by molar-refractivity contribution is 5.92. The van der Waals surface area contributed by atoms with Crippen LogP contribution in [0.25, 0.3) is 0 Å². The lowest BCUT2D eigenvalue weighted by Crippen LogP contribution is -2.28. The molecule has 1 aliphatic rings. The monoisotopic (exact) mass is 324 g/mol. The molecular weight excluding hydrogens is 300 g/mol. The summed E-state index contributed by atoms with van der Waals surface area (Å²) in [4.78, 5) is 23.4. The normalized spacial score (nSPS) is 14.0. The molecule has 2 aromatic rings. The van der Waals surface area contributed by atoms with Crippen molar-refractivity contribution in [3.8, 4) is 0 Å². The fourth-order valence-electron chi connectivity index (χ4n) is 2.96. The van der Waals surface area contributed by atoms with Crippen LogP contribution in [-0.2, 0) is 6.42 Å². The Bertz CT molecular complexity index is 681. The van der Waals surface area contributed by atoms with Crippen LogP contribution in [0.15, 0.2) is 36.4 Å². The SMILES string of the molecule is Cc1cc(C(=O)NCCCc2ccccc2)nc(N2CCCC2)n1. The third-order valence-electron chi connectivity index (χ3n) is 4.23. The van der Waals surface area contributed by atoms with Gasteiger partial charge in [-0.15, -0.1) is 0 Å². The number of benzene rings is 1. The van der Waals surface area contributed by atoms with E-state index in [1.165, 1.54) is 5.56 Å². The van der Waals surface area contributed by atoms with Crippen LogP contribution in [0.4, 0.5) is 5.95 Å². The van der Waals surface area contributed by atoms with Crippen LogP contribution in [0.3, 0.4) is 0 Å². The minimum absolute atomic E-state index is 0.117. The summed E-state index contributed by atoms with van der Waals surface area (Å²) in [7, 11) is 0. The van der Waals surface area contributed by atoms with Crippen molar-refractivity contribution in [3.63, 3.8) is 0 Å². The van der Waals surface area contributed by atoms with Gasteiger partial charge in [-0.3, -0.25) is 4.79 Å². The number of hydrogen-bond acceptors (Lipinski definition) is 4. The Balaban J connectivity index is 1.54. The molecule has 1 saturated heterocycles. The second-order valence-corrected chi connectivity index (χ2v) is 6.23. The maximum absolute atomic E-state index is 12.4. The molecule has 1 N–H and O–H groups in total. The van der Waals surface area contributed by atoms with Gasteiger partial charge in [0.2, 0.25) is 5.95 Å². The van der Waals surface area contributed by atoms with Crippen molar-refractivity contribution in [1.29, 1.82) is 0 Å². The number of nitrogens with zero attached hydrogens (tertiary/aromatic N) is 3. The highest BCUT2D eigenvalue weighted by Crippen LogP contribution is 2.16. The van der Waals surface area contributed by atoms with Gasteiger partial charge >= 0.3 is 0 Å². The number of aromatic nitrogens is 2. The molecule has 1 aromatic carbocycles. The zero-order valence-electron chi connectivity index (χ0n) is 14.2. The molecule has 2 heterocycles. The zero-order chi connectivity index (χ0) is 16.8. The largest absolute Gasteiger partial charge is 0.351 e. The van der Waals surface area contributed by atoms with Gasteiger partial charge in [0.25, 0.3) is 5.91 Å². The number of carbonyl (C=O) groups excluding carboxylic acids is 1. The van der Waals surface area contributed by atoms with Gasteiger partial charge in [-0.2, -0.15) is 0 Å². The molecule has 0 spiro atoms. The Hall–Kier alpha value is -2.43. The summed E-state index contributed by atoms with van der Waals surface area (Å²) in [5.41, 5.74) is 2.59. The van der Waals surface area contributed by atoms with E-state index in [0.29, 0.717) is 18.2 Å². The number of rotatable bonds is 6. The van der Waals surface area contributed by atoms with E-state index in [1.807, 2.05) is 25.1 Å². The van der Waals surface area contributed by atoms with Gasteiger partial charge in [-0.1, -0.05) is 30.3 Å². The number of nitrogens with one attached hydrogen (secondary N) is 1. The fourth-order valence-corrected chi connectivity index (χ4v) is 2.96. The summed E-state index contributed by atoms with van der Waals surface area (Å²) >= 11 is 0. The van der Waals surface area contributed by atoms with E-state index in [9.17, 15) is 4.79 Å². The van der Waals surface area contributed by atoms with Crippen LogP contribution in [0.5, 0.6) is 0 Å². The third kappa shape index (κ3) is 4.31. The van der Waals surface area contributed by atoms with Crippen LogP contribution < -0.4 is 10.2 Å². The number of aryl methyl sites for hydroxylation is 2. The van der Waals surface area contributed by atoms with Crippen LogP contribution >= 0.6 is 0 Å². The molecule has 3 rings (SSSR count). The number of amides is 1. The lowest BCUT2D eigenvalue weighted by molar-refractivity contribution is 0.0948. The lowest BCUT2D eigenvalue weighted by Gasteiger charge is -2.16. The molecule has 1 fully saturated rings. The van der Waals surface area contributed by atoms with E-state index in [0.717, 1.165) is 44.5 Å². The Kier molecular flexibility index (Phi) is 5.41. The first kappa shape index (κ1) is 16.4. The molecular formula is C19H24N4O. The van der Waals surface area contributed by atoms with E-state index in [4.69, 9.17) is 0 Å². The van der Waals surface area contributed by atoms with E-state index in [2.05, 4.69) is 32.3 Å². The highest BCUT2D eigenvalue weighted by atomic mass is 16.1. The van der Waals surface area contributed by atoms with Crippen molar-refractivity contribution in [2.24, 2.45) is 0 Å². The van der Waals surface area contributed by atoms with Crippen molar-refractivity contribution in [2.75, 3.05) is 24.5 Å². The first-order valence-electron chi connectivity index (χ1n) is 8.65. The molecule has 1 aromatic heterocycles. The maximum atomic E-state index is 12.4. The van der Waals surface area contributed by atoms with Gasteiger partial charge in [0.1, 0.15) is 5.69 Å². The van der Waals surface area contributed by atoms with Gasteiger partial charge in [0, 0.05) is 25.3 Å². The molecule has 5 nitrogen and oxygen atoms in total. The van der Waals surface area contributed by atoms with E-state index < -0.39 is 0 Å². The van der Waals surface area contributed by atoms with Crippen LogP contribution in [0.2, 0.25) is 0 Å². The number of anilines is 1. The van der Waals surface area contributed by atoms with Crippen LogP contribution in [0.1, 0.15) is 41.0 Å². The topological polar surface area (TPSA) is 58.1 Å². The molecule has 0 atom stereocenters. The number of hydrogen-bond donors (Lipinski definition) is 1. The minimum atomic E-state index is -0.117. The predicted molar refractivity (Wildman–Crippen MR) is 95.3 cm³/mol. The predicted octanol–water partition coefficient (Wildman–Crippen LogP) is 2.75. The summed E-state index contributed by atoms with van der Waals surface area (Å²) in [5.74, 6) is 0.566. The average molecular weight is 324 g/mol. The van der Waals surface area contributed by atoms with Gasteiger partial charge in [-0.25, -0.2) is 9.97 Å². The van der Waals surface area contributed by atoms with Crippen molar-refractivity contribution in [3.05, 3.63) is 53.3 Å². The Morgan fingerprint density at radius 1 is 1.17 bits per heavy atom. The van der Waals surface area contributed by atoms with Crippen LogP contribution in [0, 0.1) is 6.92 Å². The minimum Gasteiger partial charge on any atom is -0.351 e. The Morgan fingerprint density at radius 2 is 1.92 bits per heavy atom. The number of carbonyl (C=O) groups is 1. The molecule has 24 heavy (non-hydrogen) atoms. The summed E-state index contributed by atoms with van der Waals surface area (Å²) < 4.78 is 0.